The van der Waals surface area contributed by atoms with Gasteiger partial charge in [-0.15, -0.1) is 0 Å². The minimum absolute atomic E-state index is 0.275. The first kappa shape index (κ1) is 16.9. The number of piperidine rings is 1. The summed E-state index contributed by atoms with van der Waals surface area (Å²) in [6.07, 6.45) is 8.45. The van der Waals surface area contributed by atoms with Crippen molar-refractivity contribution in [1.29, 1.82) is 0 Å². The van der Waals surface area contributed by atoms with Crippen molar-refractivity contribution in [3.05, 3.63) is 48.0 Å². The largest absolute Gasteiger partial charge is 0.338 e. The second-order valence-corrected chi connectivity index (χ2v) is 8.34. The standard InChI is InChI=1S/C21H27N5O/c27-21(7-8-25-15-22-14-23-25)26-12-16-5-6-19(26)13-24(11-16)20-9-17-3-1-2-4-18(17)10-20/h1-4,14-16,19-20H,5-13H2. The predicted octanol–water partition coefficient (Wildman–Crippen LogP) is 1.76. The lowest BCUT2D eigenvalue weighted by Crippen LogP contribution is -2.48. The molecule has 3 saturated heterocycles. The van der Waals surface area contributed by atoms with Crippen molar-refractivity contribution in [2.75, 3.05) is 19.6 Å². The van der Waals surface area contributed by atoms with Crippen molar-refractivity contribution in [3.8, 4) is 0 Å². The van der Waals surface area contributed by atoms with Crippen LogP contribution in [0.5, 0.6) is 0 Å². The molecule has 2 atom stereocenters. The first-order valence-corrected chi connectivity index (χ1v) is 10.2. The van der Waals surface area contributed by atoms with Crippen LogP contribution in [0.15, 0.2) is 36.9 Å². The van der Waals surface area contributed by atoms with Crippen LogP contribution in [-0.2, 0) is 24.2 Å². The Balaban J connectivity index is 1.24. The van der Waals surface area contributed by atoms with E-state index in [2.05, 4.69) is 44.1 Å². The highest BCUT2D eigenvalue weighted by Gasteiger charge is 2.39. The van der Waals surface area contributed by atoms with Crippen LogP contribution in [0, 0.1) is 5.92 Å². The molecular weight excluding hydrogens is 338 g/mol. The maximum Gasteiger partial charge on any atom is 0.224 e. The van der Waals surface area contributed by atoms with Crippen molar-refractivity contribution in [2.45, 2.75) is 50.7 Å². The van der Waals surface area contributed by atoms with Crippen LogP contribution in [0.25, 0.3) is 0 Å². The van der Waals surface area contributed by atoms with Gasteiger partial charge in [0.15, 0.2) is 0 Å². The lowest BCUT2D eigenvalue weighted by atomic mass is 9.94. The third kappa shape index (κ3) is 3.38. The molecule has 0 radical (unpaired) electrons. The molecule has 4 heterocycles. The normalized spacial score (nSPS) is 25.6. The maximum absolute atomic E-state index is 12.9. The minimum Gasteiger partial charge on any atom is -0.338 e. The molecule has 0 saturated carbocycles. The molecule has 6 heteroatoms. The fourth-order valence-electron chi connectivity index (χ4n) is 5.22. The van der Waals surface area contributed by atoms with Crippen molar-refractivity contribution in [3.63, 3.8) is 0 Å². The molecule has 142 valence electrons. The molecule has 27 heavy (non-hydrogen) atoms. The van der Waals surface area contributed by atoms with E-state index < -0.39 is 0 Å². The van der Waals surface area contributed by atoms with Crippen LogP contribution in [-0.4, -0.2) is 62.2 Å². The molecule has 2 bridgehead atoms. The fraction of sp³-hybridized carbons (Fsp3) is 0.571. The van der Waals surface area contributed by atoms with Crippen molar-refractivity contribution < 1.29 is 4.79 Å². The summed E-state index contributed by atoms with van der Waals surface area (Å²) in [5, 5.41) is 4.11. The van der Waals surface area contributed by atoms with Crippen molar-refractivity contribution in [1.82, 2.24) is 24.6 Å². The van der Waals surface area contributed by atoms with Gasteiger partial charge in [-0.2, -0.15) is 5.10 Å². The Bertz CT molecular complexity index is 780. The van der Waals surface area contributed by atoms with Gasteiger partial charge in [-0.25, -0.2) is 4.98 Å². The molecule has 6 rings (SSSR count). The van der Waals surface area contributed by atoms with Crippen molar-refractivity contribution in [2.24, 2.45) is 5.92 Å². The van der Waals surface area contributed by atoms with E-state index in [-0.39, 0.29) is 5.91 Å². The zero-order chi connectivity index (χ0) is 18.2. The van der Waals surface area contributed by atoms with Gasteiger partial charge in [0, 0.05) is 38.1 Å². The van der Waals surface area contributed by atoms with E-state index in [1.807, 2.05) is 0 Å². The number of amides is 1. The molecule has 2 unspecified atom stereocenters. The summed E-state index contributed by atoms with van der Waals surface area (Å²) in [6, 6.07) is 9.85. The minimum atomic E-state index is 0.275. The second kappa shape index (κ2) is 7.08. The van der Waals surface area contributed by atoms with E-state index in [1.165, 1.54) is 23.9 Å². The van der Waals surface area contributed by atoms with Crippen molar-refractivity contribution >= 4 is 5.91 Å². The van der Waals surface area contributed by atoms with Crippen LogP contribution in [0.4, 0.5) is 0 Å². The number of carbonyl (C=O) groups is 1. The van der Waals surface area contributed by atoms with E-state index in [0.717, 1.165) is 38.9 Å². The summed E-state index contributed by atoms with van der Waals surface area (Å²) >= 11 is 0. The summed E-state index contributed by atoms with van der Waals surface area (Å²) in [7, 11) is 0. The van der Waals surface area contributed by atoms with Crippen LogP contribution in [0.2, 0.25) is 0 Å². The van der Waals surface area contributed by atoms with Gasteiger partial charge in [0.25, 0.3) is 0 Å². The number of hydrogen-bond acceptors (Lipinski definition) is 4. The smallest absolute Gasteiger partial charge is 0.224 e. The molecule has 3 fully saturated rings. The first-order chi connectivity index (χ1) is 13.3. The molecule has 3 aliphatic heterocycles. The third-order valence-electron chi connectivity index (χ3n) is 6.63. The number of rotatable bonds is 4. The summed E-state index contributed by atoms with van der Waals surface area (Å²) in [5.41, 5.74) is 3.03. The van der Waals surface area contributed by atoms with Crippen LogP contribution < -0.4 is 0 Å². The molecular formula is C21H27N5O. The third-order valence-corrected chi connectivity index (χ3v) is 6.63. The highest BCUT2D eigenvalue weighted by Crippen LogP contribution is 2.33. The Morgan fingerprint density at radius 2 is 1.85 bits per heavy atom. The SMILES string of the molecule is O=C(CCn1cncn1)N1CC2CCC1CN(C1Cc3ccccc3C1)C2. The topological polar surface area (TPSA) is 54.3 Å². The van der Waals surface area contributed by atoms with Gasteiger partial charge < -0.3 is 4.90 Å². The van der Waals surface area contributed by atoms with E-state index in [9.17, 15) is 4.79 Å². The number of nitrogens with zero attached hydrogens (tertiary/aromatic N) is 5. The summed E-state index contributed by atoms with van der Waals surface area (Å²) in [5.74, 6) is 0.888. The lowest BCUT2D eigenvalue weighted by Gasteiger charge is -2.36. The first-order valence-electron chi connectivity index (χ1n) is 10.2. The zero-order valence-corrected chi connectivity index (χ0v) is 15.7. The van der Waals surface area contributed by atoms with Gasteiger partial charge in [-0.05, 0) is 42.7 Å². The van der Waals surface area contributed by atoms with E-state index in [1.54, 1.807) is 11.0 Å². The van der Waals surface area contributed by atoms with Gasteiger partial charge in [0.1, 0.15) is 12.7 Å². The van der Waals surface area contributed by atoms with Crippen LogP contribution in [0.1, 0.15) is 30.4 Å². The van der Waals surface area contributed by atoms with Gasteiger partial charge >= 0.3 is 0 Å². The number of aromatic nitrogens is 3. The van der Waals surface area contributed by atoms with Crippen LogP contribution in [0.3, 0.4) is 0 Å². The number of benzene rings is 1. The molecule has 1 aliphatic carbocycles. The maximum atomic E-state index is 12.9. The highest BCUT2D eigenvalue weighted by molar-refractivity contribution is 5.76. The predicted molar refractivity (Wildman–Crippen MR) is 102 cm³/mol. The molecule has 0 spiro atoms. The Kier molecular flexibility index (Phi) is 4.44. The summed E-state index contributed by atoms with van der Waals surface area (Å²) < 4.78 is 1.75. The molecule has 6 nitrogen and oxygen atoms in total. The Morgan fingerprint density at radius 1 is 1.04 bits per heavy atom. The highest BCUT2D eigenvalue weighted by atomic mass is 16.2. The number of aryl methyl sites for hydroxylation is 1. The van der Waals surface area contributed by atoms with E-state index >= 15 is 0 Å². The Morgan fingerprint density at radius 3 is 2.59 bits per heavy atom. The average molecular weight is 365 g/mol. The van der Waals surface area contributed by atoms with Gasteiger partial charge in [-0.1, -0.05) is 24.3 Å². The Labute approximate surface area is 160 Å². The lowest BCUT2D eigenvalue weighted by molar-refractivity contribution is -0.135. The number of carbonyl (C=O) groups excluding carboxylic acids is 1. The van der Waals surface area contributed by atoms with Gasteiger partial charge in [-0.3, -0.25) is 14.4 Å². The quantitative estimate of drug-likeness (QED) is 0.829. The summed E-state index contributed by atoms with van der Waals surface area (Å²) in [4.78, 5) is 21.7. The van der Waals surface area contributed by atoms with Gasteiger partial charge in [0.05, 0.1) is 6.54 Å². The molecule has 1 aromatic heterocycles. The molecule has 1 aromatic carbocycles. The average Bonchev–Trinajstić information content (AvgIpc) is 3.28. The molecule has 1 amide bonds. The molecule has 2 aromatic rings. The second-order valence-electron chi connectivity index (χ2n) is 8.34. The monoisotopic (exact) mass is 365 g/mol. The summed E-state index contributed by atoms with van der Waals surface area (Å²) in [6.45, 7) is 3.72. The fourth-order valence-corrected chi connectivity index (χ4v) is 5.22. The van der Waals surface area contributed by atoms with E-state index in [0.29, 0.717) is 31.0 Å². The molecule has 0 N–H and O–H groups in total. The van der Waals surface area contributed by atoms with E-state index in [4.69, 9.17) is 0 Å². The van der Waals surface area contributed by atoms with Crippen LogP contribution >= 0.6 is 0 Å². The zero-order valence-electron chi connectivity index (χ0n) is 15.7. The number of hydrogen-bond donors (Lipinski definition) is 0. The molecule has 4 aliphatic rings. The number of fused-ring (bicyclic) bond motifs is 5. The van der Waals surface area contributed by atoms with Gasteiger partial charge in [0.2, 0.25) is 5.91 Å². The Hall–Kier alpha value is -2.21.